The lowest BCUT2D eigenvalue weighted by Gasteiger charge is -2.15. The summed E-state index contributed by atoms with van der Waals surface area (Å²) in [6.07, 6.45) is 1.32. The van der Waals surface area contributed by atoms with E-state index in [0.717, 1.165) is 5.56 Å². The Hall–Kier alpha value is -3.01. The van der Waals surface area contributed by atoms with Crippen molar-refractivity contribution in [1.29, 1.82) is 5.26 Å². The zero-order chi connectivity index (χ0) is 15.4. The molecule has 0 fully saturated rings. The van der Waals surface area contributed by atoms with Gasteiger partial charge in [-0.25, -0.2) is 9.37 Å². The van der Waals surface area contributed by atoms with Gasteiger partial charge in [0, 0.05) is 6.20 Å². The van der Waals surface area contributed by atoms with E-state index in [4.69, 9.17) is 5.26 Å². The molecule has 1 heterocycles. The summed E-state index contributed by atoms with van der Waals surface area (Å²) in [4.78, 5) is 14.4. The summed E-state index contributed by atoms with van der Waals surface area (Å²) in [5.74, 6) is -0.350. The molecule has 0 aliphatic rings. The van der Waals surface area contributed by atoms with Crippen LogP contribution in [0.1, 0.15) is 24.1 Å². The Morgan fingerprint density at radius 2 is 2.05 bits per heavy atom. The van der Waals surface area contributed by atoms with Gasteiger partial charge in [-0.05, 0) is 30.7 Å². The summed E-state index contributed by atoms with van der Waals surface area (Å²) in [5, 5.41) is 22.9. The predicted molar refractivity (Wildman–Crippen MR) is 74.0 cm³/mol. The molecular weight excluding hydrogens is 275 g/mol. The van der Waals surface area contributed by atoms with Gasteiger partial charge in [0.1, 0.15) is 17.4 Å². The van der Waals surface area contributed by atoms with Gasteiger partial charge in [0.2, 0.25) is 5.82 Å². The van der Waals surface area contributed by atoms with Gasteiger partial charge >= 0.3 is 5.69 Å². The molecule has 0 saturated carbocycles. The normalized spacial score (nSPS) is 11.5. The Morgan fingerprint density at radius 3 is 2.62 bits per heavy atom. The minimum absolute atomic E-state index is 0.0101. The third-order valence-electron chi connectivity index (χ3n) is 2.95. The van der Waals surface area contributed by atoms with Crippen molar-refractivity contribution < 1.29 is 9.31 Å². The van der Waals surface area contributed by atoms with Crippen molar-refractivity contribution in [3.63, 3.8) is 0 Å². The lowest BCUT2D eigenvalue weighted by molar-refractivity contribution is -0.384. The van der Waals surface area contributed by atoms with Gasteiger partial charge in [-0.1, -0.05) is 12.1 Å². The number of nitriles is 1. The van der Waals surface area contributed by atoms with Crippen LogP contribution in [0, 0.1) is 27.3 Å². The lowest BCUT2D eigenvalue weighted by atomic mass is 10.1. The summed E-state index contributed by atoms with van der Waals surface area (Å²) in [7, 11) is 0. The van der Waals surface area contributed by atoms with Crippen LogP contribution >= 0.6 is 0 Å². The number of hydrogen-bond acceptors (Lipinski definition) is 5. The predicted octanol–water partition coefficient (Wildman–Crippen LogP) is 3.17. The van der Waals surface area contributed by atoms with E-state index >= 15 is 0 Å². The largest absolute Gasteiger partial charge is 0.358 e. The van der Waals surface area contributed by atoms with E-state index < -0.39 is 4.92 Å². The fraction of sp³-hybridized carbons (Fsp3) is 0.143. The van der Waals surface area contributed by atoms with E-state index in [0.29, 0.717) is 0 Å². The molecule has 1 atom stereocenters. The maximum absolute atomic E-state index is 12.9. The Morgan fingerprint density at radius 1 is 1.38 bits per heavy atom. The summed E-state index contributed by atoms with van der Waals surface area (Å²) in [5.41, 5.74) is 0.313. The Balaban J connectivity index is 2.33. The standard InChI is InChI=1S/C14H11FN4O2/c1-9(10-2-4-12(15)5-3-10)18-14-13(19(20)21)11(8-16)6-7-17-14/h2-7,9H,1H3,(H,17,18). The molecule has 0 amide bonds. The van der Waals surface area contributed by atoms with Crippen molar-refractivity contribution in [1.82, 2.24) is 4.98 Å². The van der Waals surface area contributed by atoms with Crippen LogP contribution in [0.3, 0.4) is 0 Å². The molecular formula is C14H11FN4O2. The van der Waals surface area contributed by atoms with E-state index in [9.17, 15) is 14.5 Å². The van der Waals surface area contributed by atoms with E-state index in [1.165, 1.54) is 24.4 Å². The fourth-order valence-corrected chi connectivity index (χ4v) is 1.87. The van der Waals surface area contributed by atoms with Crippen molar-refractivity contribution in [2.45, 2.75) is 13.0 Å². The van der Waals surface area contributed by atoms with Gasteiger partial charge in [0.15, 0.2) is 0 Å². The summed E-state index contributed by atoms with van der Waals surface area (Å²) in [6, 6.07) is 8.49. The average Bonchev–Trinajstić information content (AvgIpc) is 2.47. The summed E-state index contributed by atoms with van der Waals surface area (Å²) in [6.45, 7) is 1.76. The molecule has 0 aliphatic heterocycles. The molecule has 6 nitrogen and oxygen atoms in total. The highest BCUT2D eigenvalue weighted by molar-refractivity contribution is 5.64. The molecule has 1 aromatic heterocycles. The number of benzene rings is 1. The van der Waals surface area contributed by atoms with Crippen molar-refractivity contribution in [3.8, 4) is 6.07 Å². The van der Waals surface area contributed by atoms with E-state index in [-0.39, 0.29) is 28.9 Å². The van der Waals surface area contributed by atoms with Crippen molar-refractivity contribution >= 4 is 11.5 Å². The van der Waals surface area contributed by atoms with Gasteiger partial charge in [-0.15, -0.1) is 0 Å². The first-order valence-electron chi connectivity index (χ1n) is 6.08. The topological polar surface area (TPSA) is 91.8 Å². The highest BCUT2D eigenvalue weighted by Gasteiger charge is 2.22. The molecule has 0 spiro atoms. The monoisotopic (exact) mass is 286 g/mol. The van der Waals surface area contributed by atoms with Gasteiger partial charge in [-0.2, -0.15) is 5.26 Å². The van der Waals surface area contributed by atoms with E-state index in [1.807, 2.05) is 0 Å². The van der Waals surface area contributed by atoms with Crippen LogP contribution in [0.5, 0.6) is 0 Å². The van der Waals surface area contributed by atoms with Crippen LogP contribution in [0.15, 0.2) is 36.5 Å². The maximum Gasteiger partial charge on any atom is 0.328 e. The van der Waals surface area contributed by atoms with Crippen LogP contribution in [-0.4, -0.2) is 9.91 Å². The molecule has 106 valence electrons. The molecule has 21 heavy (non-hydrogen) atoms. The van der Waals surface area contributed by atoms with E-state index in [2.05, 4.69) is 10.3 Å². The second-order valence-electron chi connectivity index (χ2n) is 4.34. The zero-order valence-corrected chi connectivity index (χ0v) is 11.1. The Bertz CT molecular complexity index is 710. The maximum atomic E-state index is 12.9. The minimum Gasteiger partial charge on any atom is -0.358 e. The van der Waals surface area contributed by atoms with Gasteiger partial charge in [0.25, 0.3) is 0 Å². The number of nitrogens with zero attached hydrogens (tertiary/aromatic N) is 3. The highest BCUT2D eigenvalue weighted by atomic mass is 19.1. The van der Waals surface area contributed by atoms with Crippen molar-refractivity contribution in [2.75, 3.05) is 5.32 Å². The SMILES string of the molecule is CC(Nc1nccc(C#N)c1[N+](=O)[O-])c1ccc(F)cc1. The van der Waals surface area contributed by atoms with Gasteiger partial charge in [-0.3, -0.25) is 10.1 Å². The first-order chi connectivity index (χ1) is 10.0. The minimum atomic E-state index is -0.648. The summed E-state index contributed by atoms with van der Waals surface area (Å²) >= 11 is 0. The van der Waals surface area contributed by atoms with Crippen LogP contribution in [0.2, 0.25) is 0 Å². The number of aromatic nitrogens is 1. The molecule has 0 radical (unpaired) electrons. The number of hydrogen-bond donors (Lipinski definition) is 1. The average molecular weight is 286 g/mol. The second-order valence-corrected chi connectivity index (χ2v) is 4.34. The smallest absolute Gasteiger partial charge is 0.328 e. The molecule has 2 rings (SSSR count). The third-order valence-corrected chi connectivity index (χ3v) is 2.95. The molecule has 0 bridgehead atoms. The molecule has 1 aromatic carbocycles. The van der Waals surface area contributed by atoms with Crippen LogP contribution in [0.4, 0.5) is 15.9 Å². The molecule has 7 heteroatoms. The molecule has 0 aliphatic carbocycles. The quantitative estimate of drug-likeness (QED) is 0.688. The first-order valence-corrected chi connectivity index (χ1v) is 6.08. The Labute approximate surface area is 120 Å². The molecule has 0 saturated heterocycles. The number of anilines is 1. The lowest BCUT2D eigenvalue weighted by Crippen LogP contribution is -2.10. The molecule has 2 aromatic rings. The van der Waals surface area contributed by atoms with Crippen molar-refractivity contribution in [2.24, 2.45) is 0 Å². The van der Waals surface area contributed by atoms with Crippen molar-refractivity contribution in [3.05, 3.63) is 63.6 Å². The van der Waals surface area contributed by atoms with Crippen LogP contribution in [0.25, 0.3) is 0 Å². The number of nitro groups is 1. The number of pyridine rings is 1. The van der Waals surface area contributed by atoms with E-state index in [1.54, 1.807) is 25.1 Å². The highest BCUT2D eigenvalue weighted by Crippen LogP contribution is 2.28. The molecule has 1 N–H and O–H groups in total. The third kappa shape index (κ3) is 3.12. The van der Waals surface area contributed by atoms with Crippen LogP contribution < -0.4 is 5.32 Å². The van der Waals surface area contributed by atoms with Gasteiger partial charge < -0.3 is 5.32 Å². The van der Waals surface area contributed by atoms with Crippen LogP contribution in [-0.2, 0) is 0 Å². The number of halogens is 1. The second kappa shape index (κ2) is 5.96. The zero-order valence-electron chi connectivity index (χ0n) is 11.1. The number of nitrogens with one attached hydrogen (secondary N) is 1. The first kappa shape index (κ1) is 14.4. The number of rotatable bonds is 4. The fourth-order valence-electron chi connectivity index (χ4n) is 1.87. The summed E-state index contributed by atoms with van der Waals surface area (Å²) < 4.78 is 12.9. The molecule has 1 unspecified atom stereocenters. The Kier molecular flexibility index (Phi) is 4.09. The van der Waals surface area contributed by atoms with Gasteiger partial charge in [0.05, 0.1) is 11.0 Å².